The van der Waals surface area contributed by atoms with Gasteiger partial charge in [0, 0.05) is 5.56 Å². The average molecular weight is 306 g/mol. The molecular formula is C9H14N4O4S2. The smallest absolute Gasteiger partial charge is 0.245 e. The van der Waals surface area contributed by atoms with Crippen molar-refractivity contribution in [3.63, 3.8) is 0 Å². The molecule has 0 saturated heterocycles. The van der Waals surface area contributed by atoms with Crippen molar-refractivity contribution in [3.8, 4) is 0 Å². The van der Waals surface area contributed by atoms with Crippen molar-refractivity contribution >= 4 is 25.7 Å². The van der Waals surface area contributed by atoms with Crippen LogP contribution < -0.4 is 9.55 Å². The van der Waals surface area contributed by atoms with Gasteiger partial charge in [0.15, 0.2) is 0 Å². The Labute approximate surface area is 112 Å². The average Bonchev–Trinajstić information content (AvgIpc) is 2.24. The zero-order chi connectivity index (χ0) is 14.7. The van der Waals surface area contributed by atoms with Crippen molar-refractivity contribution in [3.05, 3.63) is 29.8 Å². The number of hydrogen-bond acceptors (Lipinski definition) is 6. The molecule has 0 aliphatic heterocycles. The highest BCUT2D eigenvalue weighted by Gasteiger charge is 2.28. The minimum Gasteiger partial charge on any atom is -0.305 e. The molecule has 0 saturated carbocycles. The fourth-order valence-corrected chi connectivity index (χ4v) is 4.58. The van der Waals surface area contributed by atoms with Crippen molar-refractivity contribution in [2.24, 2.45) is 16.2 Å². The molecular weight excluding hydrogens is 292 g/mol. The van der Waals surface area contributed by atoms with Crippen LogP contribution in [0.15, 0.2) is 34.6 Å². The Bertz CT molecular complexity index is 650. The van der Waals surface area contributed by atoms with Gasteiger partial charge < -0.3 is 5.84 Å². The number of para-hydroxylation sites is 1. The fraction of sp³-hybridized carbons (Fsp3) is 0.333. The van der Waals surface area contributed by atoms with Gasteiger partial charge in [-0.3, -0.25) is 0 Å². The zero-order valence-corrected chi connectivity index (χ0v) is 12.0. The Balaban J connectivity index is 3.49. The van der Waals surface area contributed by atoms with E-state index in [-0.39, 0.29) is 12.2 Å². The van der Waals surface area contributed by atoms with E-state index in [4.69, 9.17) is 5.84 Å². The Hall–Kier alpha value is -1.68. The minimum atomic E-state index is -3.98. The SMILES string of the molecule is CS(=O)(=O)N(c1ccccc1CN=NN)S(C)(=O)=O. The Morgan fingerprint density at radius 3 is 2.11 bits per heavy atom. The van der Waals surface area contributed by atoms with Gasteiger partial charge in [-0.15, -0.1) is 0 Å². The van der Waals surface area contributed by atoms with Crippen molar-refractivity contribution in [2.75, 3.05) is 16.2 Å². The quantitative estimate of drug-likeness (QED) is 0.474. The normalized spacial score (nSPS) is 12.7. The van der Waals surface area contributed by atoms with E-state index in [0.29, 0.717) is 9.27 Å². The van der Waals surface area contributed by atoms with Crippen LogP contribution in [0, 0.1) is 0 Å². The molecule has 0 aliphatic rings. The number of anilines is 1. The van der Waals surface area contributed by atoms with Crippen molar-refractivity contribution in [1.29, 1.82) is 0 Å². The Morgan fingerprint density at radius 1 is 1.11 bits per heavy atom. The largest absolute Gasteiger partial charge is 0.305 e. The summed E-state index contributed by atoms with van der Waals surface area (Å²) in [5, 5.41) is 6.60. The molecule has 1 rings (SSSR count). The van der Waals surface area contributed by atoms with Gasteiger partial charge in [-0.25, -0.2) is 16.8 Å². The van der Waals surface area contributed by atoms with Gasteiger partial charge in [0.25, 0.3) is 0 Å². The number of hydrogen-bond donors (Lipinski definition) is 1. The van der Waals surface area contributed by atoms with E-state index in [1.165, 1.54) is 12.1 Å². The summed E-state index contributed by atoms with van der Waals surface area (Å²) in [6, 6.07) is 6.09. The number of rotatable bonds is 5. The predicted molar refractivity (Wildman–Crippen MR) is 71.4 cm³/mol. The van der Waals surface area contributed by atoms with Crippen LogP contribution in [0.1, 0.15) is 5.56 Å². The summed E-state index contributed by atoms with van der Waals surface area (Å²) >= 11 is 0. The molecule has 1 aromatic rings. The Morgan fingerprint density at radius 2 is 1.63 bits per heavy atom. The third kappa shape index (κ3) is 3.89. The second-order valence-electron chi connectivity index (χ2n) is 3.77. The van der Waals surface area contributed by atoms with E-state index in [1.807, 2.05) is 0 Å². The molecule has 0 atom stereocenters. The van der Waals surface area contributed by atoms with Crippen LogP contribution in [-0.2, 0) is 26.6 Å². The molecule has 0 spiro atoms. The van der Waals surface area contributed by atoms with Crippen LogP contribution in [0.5, 0.6) is 0 Å². The number of benzene rings is 1. The molecule has 1 aromatic carbocycles. The molecule has 0 heterocycles. The summed E-state index contributed by atoms with van der Waals surface area (Å²) in [4.78, 5) is 0. The second kappa shape index (κ2) is 5.53. The molecule has 2 N–H and O–H groups in total. The highest BCUT2D eigenvalue weighted by atomic mass is 32.3. The second-order valence-corrected chi connectivity index (χ2v) is 7.66. The molecule has 0 unspecified atom stereocenters. The summed E-state index contributed by atoms with van der Waals surface area (Å²) in [5.41, 5.74) is 0.396. The first-order valence-corrected chi connectivity index (χ1v) is 8.72. The van der Waals surface area contributed by atoms with Crippen LogP contribution in [0.25, 0.3) is 0 Å². The summed E-state index contributed by atoms with van der Waals surface area (Å²) < 4.78 is 47.1. The lowest BCUT2D eigenvalue weighted by molar-refractivity contribution is 0.590. The molecule has 0 radical (unpaired) electrons. The van der Waals surface area contributed by atoms with Gasteiger partial charge in [-0.2, -0.15) is 8.82 Å². The Kier molecular flexibility index (Phi) is 4.48. The topological polar surface area (TPSA) is 122 Å². The van der Waals surface area contributed by atoms with Crippen LogP contribution in [0.4, 0.5) is 5.69 Å². The summed E-state index contributed by atoms with van der Waals surface area (Å²) in [7, 11) is -7.96. The number of nitrogens with zero attached hydrogens (tertiary/aromatic N) is 3. The van der Waals surface area contributed by atoms with E-state index in [2.05, 4.69) is 10.3 Å². The van der Waals surface area contributed by atoms with Gasteiger partial charge in [-0.1, -0.05) is 23.4 Å². The van der Waals surface area contributed by atoms with Crippen LogP contribution in [-0.4, -0.2) is 29.3 Å². The van der Waals surface area contributed by atoms with Crippen molar-refractivity contribution in [1.82, 2.24) is 0 Å². The van der Waals surface area contributed by atoms with E-state index >= 15 is 0 Å². The van der Waals surface area contributed by atoms with Gasteiger partial charge in [0.2, 0.25) is 20.0 Å². The molecule has 0 aromatic heterocycles. The fourth-order valence-electron chi connectivity index (χ4n) is 1.54. The van der Waals surface area contributed by atoms with Crippen LogP contribution >= 0.6 is 0 Å². The van der Waals surface area contributed by atoms with Crippen molar-refractivity contribution < 1.29 is 16.8 Å². The highest BCUT2D eigenvalue weighted by Crippen LogP contribution is 2.26. The lowest BCUT2D eigenvalue weighted by Crippen LogP contribution is -2.35. The van der Waals surface area contributed by atoms with E-state index in [1.54, 1.807) is 12.1 Å². The predicted octanol–water partition coefficient (Wildman–Crippen LogP) is 0.238. The van der Waals surface area contributed by atoms with Crippen LogP contribution in [0.2, 0.25) is 0 Å². The third-order valence-corrected chi connectivity index (χ3v) is 5.34. The molecule has 0 fully saturated rings. The summed E-state index contributed by atoms with van der Waals surface area (Å²) in [6.07, 6.45) is 1.63. The van der Waals surface area contributed by atoms with Gasteiger partial charge in [0.05, 0.1) is 24.7 Å². The van der Waals surface area contributed by atoms with Gasteiger partial charge in [-0.05, 0) is 6.07 Å². The maximum absolute atomic E-state index is 11.7. The summed E-state index contributed by atoms with van der Waals surface area (Å²) in [6.45, 7) is -0.0196. The van der Waals surface area contributed by atoms with E-state index in [0.717, 1.165) is 12.5 Å². The molecule has 0 bridgehead atoms. The number of nitrogens with two attached hydrogens (primary N) is 1. The first-order valence-electron chi connectivity index (χ1n) is 5.03. The molecule has 0 aliphatic carbocycles. The molecule has 0 amide bonds. The zero-order valence-electron chi connectivity index (χ0n) is 10.4. The van der Waals surface area contributed by atoms with Crippen LogP contribution in [0.3, 0.4) is 0 Å². The molecule has 106 valence electrons. The lowest BCUT2D eigenvalue weighted by Gasteiger charge is -2.21. The molecule has 10 heteroatoms. The maximum atomic E-state index is 11.7. The summed E-state index contributed by atoms with van der Waals surface area (Å²) in [5.74, 6) is 4.88. The first-order chi connectivity index (χ1) is 8.68. The lowest BCUT2D eigenvalue weighted by atomic mass is 10.2. The molecule has 8 nitrogen and oxygen atoms in total. The van der Waals surface area contributed by atoms with Gasteiger partial charge in [0.1, 0.15) is 0 Å². The monoisotopic (exact) mass is 306 g/mol. The minimum absolute atomic E-state index is 0.0138. The first kappa shape index (κ1) is 15.4. The standard InChI is InChI=1S/C9H14N4O4S2/c1-18(14,15)13(19(2,16)17)9-6-4-3-5-8(9)7-11-12-10/h3-6H,7H2,1-2H3,(H2,10,11). The van der Waals surface area contributed by atoms with Gasteiger partial charge >= 0.3 is 0 Å². The van der Waals surface area contributed by atoms with E-state index in [9.17, 15) is 16.8 Å². The highest BCUT2D eigenvalue weighted by molar-refractivity contribution is 8.09. The maximum Gasteiger partial charge on any atom is 0.245 e. The third-order valence-electron chi connectivity index (χ3n) is 2.11. The van der Waals surface area contributed by atoms with E-state index < -0.39 is 20.0 Å². The molecule has 19 heavy (non-hydrogen) atoms. The number of sulfonamides is 2. The van der Waals surface area contributed by atoms with Crippen molar-refractivity contribution in [2.45, 2.75) is 6.54 Å².